The molecular formula is C40H48F6O2. The third-order valence-corrected chi connectivity index (χ3v) is 10.7. The third kappa shape index (κ3) is 8.34. The molecule has 0 N–H and O–H groups in total. The normalized spacial score (nSPS) is 21.3. The van der Waals surface area contributed by atoms with E-state index in [9.17, 15) is 17.6 Å². The van der Waals surface area contributed by atoms with Gasteiger partial charge in [0.25, 0.3) is 0 Å². The van der Waals surface area contributed by atoms with Gasteiger partial charge in [-0.3, -0.25) is 0 Å². The van der Waals surface area contributed by atoms with Crippen LogP contribution in [0.1, 0.15) is 114 Å². The second-order valence-electron chi connectivity index (χ2n) is 13.8. The summed E-state index contributed by atoms with van der Waals surface area (Å²) in [5.41, 5.74) is 0.0377. The van der Waals surface area contributed by atoms with Crippen LogP contribution in [-0.2, 0) is 6.42 Å². The lowest BCUT2D eigenvalue weighted by molar-refractivity contribution is 0.156. The monoisotopic (exact) mass is 674 g/mol. The zero-order chi connectivity index (χ0) is 34.2. The summed E-state index contributed by atoms with van der Waals surface area (Å²) in [4.78, 5) is 0. The van der Waals surface area contributed by atoms with Gasteiger partial charge in [-0.05, 0) is 117 Å². The van der Waals surface area contributed by atoms with Gasteiger partial charge < -0.3 is 9.47 Å². The molecule has 2 saturated carbocycles. The number of rotatable bonds is 14. The van der Waals surface area contributed by atoms with Crippen LogP contribution in [0, 0.1) is 52.7 Å². The number of hydrogen-bond donors (Lipinski definition) is 0. The number of halogens is 6. The second kappa shape index (κ2) is 17.0. The van der Waals surface area contributed by atoms with Gasteiger partial charge in [0, 0.05) is 11.1 Å². The average molecular weight is 675 g/mol. The Morgan fingerprint density at radius 2 is 1.04 bits per heavy atom. The van der Waals surface area contributed by atoms with E-state index in [4.69, 9.17) is 9.47 Å². The molecule has 3 aromatic rings. The molecular weight excluding hydrogens is 626 g/mol. The van der Waals surface area contributed by atoms with Gasteiger partial charge >= 0.3 is 0 Å². The molecule has 0 bridgehead atoms. The Balaban J connectivity index is 1.10. The van der Waals surface area contributed by atoms with Gasteiger partial charge in [0.05, 0.1) is 13.2 Å². The van der Waals surface area contributed by atoms with Gasteiger partial charge in [-0.1, -0.05) is 57.7 Å². The lowest BCUT2D eigenvalue weighted by Gasteiger charge is -2.38. The summed E-state index contributed by atoms with van der Waals surface area (Å²) < 4.78 is 100. The minimum absolute atomic E-state index is 0.0120. The molecule has 3 aromatic carbocycles. The molecule has 0 unspecified atom stereocenters. The average Bonchev–Trinajstić information content (AvgIpc) is 3.10. The van der Waals surface area contributed by atoms with E-state index in [1.165, 1.54) is 24.3 Å². The van der Waals surface area contributed by atoms with Crippen molar-refractivity contribution in [2.24, 2.45) is 17.8 Å². The zero-order valence-corrected chi connectivity index (χ0v) is 28.2. The standard InChI is InChI=1S/C40H48F6O2/c1-3-5-23-47-33-21-19-30(36(42)39(33)45)28-15-13-27(14-16-28)26-10-7-25(8-11-26)9-12-29-17-18-31(37(43)35(29)41)32-20-22-34(40(46)38(32)44)48-24-6-4-2/h17-22,25-28H,3-16,23-24H2,1-2H3. The van der Waals surface area contributed by atoms with Crippen LogP contribution in [0.25, 0.3) is 11.1 Å². The van der Waals surface area contributed by atoms with E-state index in [-0.39, 0.29) is 40.7 Å². The molecule has 2 aliphatic carbocycles. The number of unbranched alkanes of at least 4 members (excludes halogenated alkanes) is 2. The molecule has 0 aliphatic heterocycles. The van der Waals surface area contributed by atoms with E-state index in [2.05, 4.69) is 0 Å². The van der Waals surface area contributed by atoms with Gasteiger partial charge in [0.1, 0.15) is 0 Å². The van der Waals surface area contributed by atoms with Crippen LogP contribution in [-0.4, -0.2) is 13.2 Å². The minimum atomic E-state index is -1.26. The van der Waals surface area contributed by atoms with Crippen LogP contribution < -0.4 is 9.47 Å². The minimum Gasteiger partial charge on any atom is -0.490 e. The smallest absolute Gasteiger partial charge is 0.201 e. The van der Waals surface area contributed by atoms with Crippen LogP contribution in [0.2, 0.25) is 0 Å². The molecule has 2 fully saturated rings. The van der Waals surface area contributed by atoms with E-state index in [0.717, 1.165) is 77.0 Å². The van der Waals surface area contributed by atoms with E-state index in [1.807, 2.05) is 13.8 Å². The Morgan fingerprint density at radius 1 is 0.542 bits per heavy atom. The Bertz CT molecular complexity index is 1510. The lowest BCUT2D eigenvalue weighted by atomic mass is 9.68. The molecule has 0 spiro atoms. The molecule has 262 valence electrons. The summed E-state index contributed by atoms with van der Waals surface area (Å²) in [5, 5.41) is 0. The Morgan fingerprint density at radius 3 is 1.62 bits per heavy atom. The number of aryl methyl sites for hydroxylation is 1. The highest BCUT2D eigenvalue weighted by Crippen LogP contribution is 2.45. The SMILES string of the molecule is CCCCOc1ccc(-c2ccc(CCC3CCC(C4CCC(c5ccc(OCCCC)c(F)c5F)CC4)CC3)c(F)c2F)c(F)c1F. The third-order valence-electron chi connectivity index (χ3n) is 10.7. The highest BCUT2D eigenvalue weighted by Gasteiger charge is 2.33. The Labute approximate surface area is 281 Å². The van der Waals surface area contributed by atoms with Crippen molar-refractivity contribution in [2.45, 2.75) is 110 Å². The first-order valence-electron chi connectivity index (χ1n) is 17.9. The number of ether oxygens (including phenoxy) is 2. The summed E-state index contributed by atoms with van der Waals surface area (Å²) in [6.45, 7) is 4.58. The quantitative estimate of drug-likeness (QED) is 0.125. The Hall–Kier alpha value is -3.16. The van der Waals surface area contributed by atoms with Crippen molar-refractivity contribution >= 4 is 0 Å². The molecule has 8 heteroatoms. The maximum absolute atomic E-state index is 15.1. The van der Waals surface area contributed by atoms with Gasteiger partial charge in [0.15, 0.2) is 34.8 Å². The molecule has 48 heavy (non-hydrogen) atoms. The molecule has 0 heterocycles. The van der Waals surface area contributed by atoms with Crippen molar-refractivity contribution in [3.8, 4) is 22.6 Å². The van der Waals surface area contributed by atoms with Crippen molar-refractivity contribution in [2.75, 3.05) is 13.2 Å². The van der Waals surface area contributed by atoms with Crippen LogP contribution in [0.3, 0.4) is 0 Å². The van der Waals surface area contributed by atoms with Crippen LogP contribution in [0.15, 0.2) is 36.4 Å². The maximum atomic E-state index is 15.1. The van der Waals surface area contributed by atoms with Crippen LogP contribution in [0.5, 0.6) is 11.5 Å². The van der Waals surface area contributed by atoms with Gasteiger partial charge in [-0.2, -0.15) is 8.78 Å². The van der Waals surface area contributed by atoms with Gasteiger partial charge in [-0.15, -0.1) is 0 Å². The molecule has 0 aromatic heterocycles. The largest absolute Gasteiger partial charge is 0.490 e. The molecule has 0 radical (unpaired) electrons. The van der Waals surface area contributed by atoms with Crippen molar-refractivity contribution in [1.29, 1.82) is 0 Å². The fraction of sp³-hybridized carbons (Fsp3) is 0.550. The first-order valence-corrected chi connectivity index (χ1v) is 17.9. The van der Waals surface area contributed by atoms with E-state index < -0.39 is 34.9 Å². The zero-order valence-electron chi connectivity index (χ0n) is 28.2. The summed E-state index contributed by atoms with van der Waals surface area (Å²) >= 11 is 0. The predicted molar refractivity (Wildman–Crippen MR) is 177 cm³/mol. The highest BCUT2D eigenvalue weighted by molar-refractivity contribution is 5.66. The van der Waals surface area contributed by atoms with Crippen molar-refractivity contribution in [3.63, 3.8) is 0 Å². The second-order valence-corrected chi connectivity index (χ2v) is 13.8. The van der Waals surface area contributed by atoms with E-state index >= 15 is 8.78 Å². The number of benzene rings is 3. The summed E-state index contributed by atoms with van der Waals surface area (Å²) in [7, 11) is 0. The lowest BCUT2D eigenvalue weighted by Crippen LogP contribution is -2.26. The molecule has 0 amide bonds. The van der Waals surface area contributed by atoms with Crippen molar-refractivity contribution in [1.82, 2.24) is 0 Å². The summed E-state index contributed by atoms with van der Waals surface area (Å²) in [6, 6.07) is 8.53. The first-order chi connectivity index (χ1) is 23.2. The first kappa shape index (κ1) is 36.1. The highest BCUT2D eigenvalue weighted by atomic mass is 19.2. The topological polar surface area (TPSA) is 18.5 Å². The fourth-order valence-corrected chi connectivity index (χ4v) is 7.68. The van der Waals surface area contributed by atoms with Crippen LogP contribution >= 0.6 is 0 Å². The molecule has 2 nitrogen and oxygen atoms in total. The Kier molecular flexibility index (Phi) is 12.8. The maximum Gasteiger partial charge on any atom is 0.201 e. The fourth-order valence-electron chi connectivity index (χ4n) is 7.68. The van der Waals surface area contributed by atoms with Crippen molar-refractivity contribution in [3.05, 3.63) is 82.4 Å². The van der Waals surface area contributed by atoms with Gasteiger partial charge in [0.2, 0.25) is 11.6 Å². The molecule has 2 aliphatic rings. The molecule has 0 saturated heterocycles. The summed E-state index contributed by atoms with van der Waals surface area (Å²) in [5.74, 6) is -5.01. The van der Waals surface area contributed by atoms with Gasteiger partial charge in [-0.25, -0.2) is 17.6 Å². The predicted octanol–water partition coefficient (Wildman–Crippen LogP) is 12.3. The number of hydrogen-bond acceptors (Lipinski definition) is 2. The van der Waals surface area contributed by atoms with Crippen LogP contribution in [0.4, 0.5) is 26.3 Å². The van der Waals surface area contributed by atoms with E-state index in [1.54, 1.807) is 12.1 Å². The molecule has 5 rings (SSSR count). The molecule has 0 atom stereocenters. The van der Waals surface area contributed by atoms with E-state index in [0.29, 0.717) is 42.8 Å². The van der Waals surface area contributed by atoms with Crippen molar-refractivity contribution < 1.29 is 35.8 Å². The summed E-state index contributed by atoms with van der Waals surface area (Å²) in [6.07, 6.45) is 12.2.